The summed E-state index contributed by atoms with van der Waals surface area (Å²) < 4.78 is 26.6. The van der Waals surface area contributed by atoms with Crippen molar-refractivity contribution in [2.24, 2.45) is 5.92 Å². The van der Waals surface area contributed by atoms with Crippen LogP contribution < -0.4 is 15.0 Å². The van der Waals surface area contributed by atoms with Gasteiger partial charge in [-0.2, -0.15) is 0 Å². The Balaban J connectivity index is 1.46. The normalized spacial score (nSPS) is 12.0. The first-order chi connectivity index (χ1) is 24.3. The second-order valence-electron chi connectivity index (χ2n) is 12.9. The number of imidazole rings is 1. The molecule has 50 heavy (non-hydrogen) atoms. The predicted molar refractivity (Wildman–Crippen MR) is 207 cm³/mol. The number of nitrogens with one attached hydrogen (secondary N) is 1. The number of aromatic nitrogens is 2. The summed E-state index contributed by atoms with van der Waals surface area (Å²) in [6.45, 7) is 15.5. The van der Waals surface area contributed by atoms with Crippen molar-refractivity contribution in [3.63, 3.8) is 0 Å². The quantitative estimate of drug-likeness (QED) is 0.0691. The zero-order chi connectivity index (χ0) is 35.7. The fourth-order valence-electron chi connectivity index (χ4n) is 5.65. The molecule has 1 unspecified atom stereocenters. The number of rotatable bonds is 21. The van der Waals surface area contributed by atoms with Crippen LogP contribution in [0.4, 0.5) is 11.4 Å². The lowest BCUT2D eigenvalue weighted by atomic mass is 10.00. The molecule has 1 atom stereocenters. The number of nitrogens with zero attached hydrogens (tertiary/aromatic N) is 3. The van der Waals surface area contributed by atoms with Crippen molar-refractivity contribution >= 4 is 34.2 Å². The molecule has 0 saturated heterocycles. The predicted octanol–water partition coefficient (Wildman–Crippen LogP) is 8.99. The Morgan fingerprint density at radius 1 is 0.940 bits per heavy atom. The average molecular weight is 699 g/mol. The van der Waals surface area contributed by atoms with E-state index >= 15 is 0 Å². The van der Waals surface area contributed by atoms with Gasteiger partial charge in [-0.15, -0.1) is 0 Å². The van der Waals surface area contributed by atoms with E-state index in [1.54, 1.807) is 30.7 Å². The van der Waals surface area contributed by atoms with Crippen LogP contribution in [0.25, 0.3) is 17.2 Å². The molecule has 0 aliphatic carbocycles. The first-order valence-electron chi connectivity index (χ1n) is 18.0. The summed E-state index contributed by atoms with van der Waals surface area (Å²) in [7, 11) is -1.22. The molecule has 8 nitrogen and oxygen atoms in total. The molecule has 4 rings (SSSR count). The van der Waals surface area contributed by atoms with E-state index in [9.17, 15) is 9.00 Å². The van der Waals surface area contributed by atoms with Crippen LogP contribution >= 0.6 is 0 Å². The third-order valence-electron chi connectivity index (χ3n) is 8.11. The molecule has 1 amide bonds. The second-order valence-corrected chi connectivity index (χ2v) is 14.3. The van der Waals surface area contributed by atoms with Crippen molar-refractivity contribution in [1.82, 2.24) is 9.55 Å². The number of benzene rings is 3. The number of ether oxygens (including phenoxy) is 2. The van der Waals surface area contributed by atoms with E-state index in [1.165, 1.54) is 0 Å². The lowest BCUT2D eigenvalue weighted by Crippen LogP contribution is -2.29. The van der Waals surface area contributed by atoms with E-state index in [1.807, 2.05) is 34.9 Å². The van der Waals surface area contributed by atoms with E-state index in [0.29, 0.717) is 35.5 Å². The van der Waals surface area contributed by atoms with Gasteiger partial charge in [0.15, 0.2) is 0 Å². The van der Waals surface area contributed by atoms with Crippen molar-refractivity contribution < 1.29 is 18.5 Å². The Hall–Kier alpha value is -4.21. The molecule has 0 bridgehead atoms. The van der Waals surface area contributed by atoms with E-state index in [4.69, 9.17) is 9.47 Å². The number of aryl methyl sites for hydroxylation is 1. The van der Waals surface area contributed by atoms with Crippen LogP contribution in [-0.4, -0.2) is 52.6 Å². The molecule has 268 valence electrons. The summed E-state index contributed by atoms with van der Waals surface area (Å²) in [5.74, 6) is 1.46. The van der Waals surface area contributed by atoms with Gasteiger partial charge in [0, 0.05) is 54.8 Å². The van der Waals surface area contributed by atoms with E-state index < -0.39 is 10.8 Å². The third kappa shape index (κ3) is 12.0. The van der Waals surface area contributed by atoms with Gasteiger partial charge in [-0.3, -0.25) is 9.00 Å². The van der Waals surface area contributed by atoms with Crippen LogP contribution in [0.2, 0.25) is 0 Å². The Labute approximate surface area is 301 Å². The van der Waals surface area contributed by atoms with Crippen LogP contribution in [0, 0.1) is 5.92 Å². The summed E-state index contributed by atoms with van der Waals surface area (Å²) in [5.41, 5.74) is 5.80. The Kier molecular flexibility index (Phi) is 15.8. The van der Waals surface area contributed by atoms with Crippen molar-refractivity contribution in [3.05, 3.63) is 96.6 Å². The van der Waals surface area contributed by atoms with Crippen LogP contribution in [0.15, 0.2) is 90.2 Å². The van der Waals surface area contributed by atoms with Crippen LogP contribution in [0.1, 0.15) is 71.6 Å². The minimum atomic E-state index is -1.22. The molecule has 4 aromatic rings. The zero-order valence-corrected chi connectivity index (χ0v) is 31.2. The Morgan fingerprint density at radius 2 is 1.70 bits per heavy atom. The molecule has 0 aliphatic heterocycles. The lowest BCUT2D eigenvalue weighted by molar-refractivity contribution is -0.111. The van der Waals surface area contributed by atoms with Gasteiger partial charge in [-0.05, 0) is 96.5 Å². The highest BCUT2D eigenvalue weighted by Crippen LogP contribution is 2.31. The SMILES string of the molecule is CCCCOCCOc1ccc(-c2ccc(N(CCC)CC(C)C)c(/C=C/C(=O)Nc3ccc(S(=O)Cc4cncn4CCC)cc3)c2)cc1. The van der Waals surface area contributed by atoms with Gasteiger partial charge in [0.2, 0.25) is 5.91 Å². The van der Waals surface area contributed by atoms with E-state index in [0.717, 1.165) is 85.7 Å². The highest BCUT2D eigenvalue weighted by atomic mass is 32.2. The van der Waals surface area contributed by atoms with Gasteiger partial charge < -0.3 is 24.3 Å². The fraction of sp³-hybridized carbons (Fsp3) is 0.415. The molecular formula is C41H54N4O4S. The number of carbonyl (C=O) groups excluding carboxylic acids is 1. The number of amides is 1. The summed E-state index contributed by atoms with van der Waals surface area (Å²) in [6, 6.07) is 21.8. The third-order valence-corrected chi connectivity index (χ3v) is 9.47. The minimum Gasteiger partial charge on any atom is -0.491 e. The van der Waals surface area contributed by atoms with Crippen LogP contribution in [-0.2, 0) is 32.6 Å². The number of carbonyl (C=O) groups is 1. The van der Waals surface area contributed by atoms with Crippen molar-refractivity contribution in [2.45, 2.75) is 77.5 Å². The van der Waals surface area contributed by atoms with Gasteiger partial charge in [-0.25, -0.2) is 4.98 Å². The molecule has 0 spiro atoms. The molecule has 0 saturated carbocycles. The van der Waals surface area contributed by atoms with Crippen molar-refractivity contribution in [3.8, 4) is 16.9 Å². The molecule has 1 N–H and O–H groups in total. The molecule has 9 heteroatoms. The van der Waals surface area contributed by atoms with Gasteiger partial charge >= 0.3 is 0 Å². The summed E-state index contributed by atoms with van der Waals surface area (Å²) in [6.07, 6.45) is 11.2. The van der Waals surface area contributed by atoms with Crippen LogP contribution in [0.5, 0.6) is 5.75 Å². The van der Waals surface area contributed by atoms with Crippen molar-refractivity contribution in [2.75, 3.05) is 43.1 Å². The smallest absolute Gasteiger partial charge is 0.248 e. The van der Waals surface area contributed by atoms with Gasteiger partial charge in [0.1, 0.15) is 12.4 Å². The van der Waals surface area contributed by atoms with Crippen molar-refractivity contribution in [1.29, 1.82) is 0 Å². The first kappa shape index (κ1) is 38.6. The Morgan fingerprint density at radius 3 is 2.40 bits per heavy atom. The number of anilines is 2. The largest absolute Gasteiger partial charge is 0.491 e. The number of hydrogen-bond acceptors (Lipinski definition) is 6. The molecule has 1 aromatic heterocycles. The standard InChI is InChI=1S/C41H54N4O4S/c1-6-9-24-48-25-26-49-38-16-10-33(11-17-38)34-12-20-40(44(22-7-2)29-32(4)5)35(27-34)13-21-41(46)43-36-14-18-39(19-15-36)50(47)30-37-28-42-31-45(37)23-8-3/h10-21,27-28,31-32H,6-9,22-26,29-30H2,1-5H3,(H,43,46)/b21-13+. The number of hydrogen-bond donors (Lipinski definition) is 1. The first-order valence-corrected chi connectivity index (χ1v) is 19.3. The average Bonchev–Trinajstić information content (AvgIpc) is 3.55. The monoisotopic (exact) mass is 698 g/mol. The molecule has 0 fully saturated rings. The highest BCUT2D eigenvalue weighted by Gasteiger charge is 2.14. The molecule has 0 aliphatic rings. The summed E-state index contributed by atoms with van der Waals surface area (Å²) in [4.78, 5) is 20.5. The molecular weight excluding hydrogens is 645 g/mol. The molecule has 0 radical (unpaired) electrons. The highest BCUT2D eigenvalue weighted by molar-refractivity contribution is 7.84. The number of unbranched alkanes of at least 4 members (excludes halogenated alkanes) is 1. The Bertz CT molecular complexity index is 1660. The van der Waals surface area contributed by atoms with Gasteiger partial charge in [0.25, 0.3) is 0 Å². The van der Waals surface area contributed by atoms with E-state index in [-0.39, 0.29) is 5.91 Å². The molecule has 1 heterocycles. The maximum absolute atomic E-state index is 13.1. The fourth-order valence-corrected chi connectivity index (χ4v) is 6.77. The van der Waals surface area contributed by atoms with E-state index in [2.05, 4.69) is 80.2 Å². The van der Waals surface area contributed by atoms with Crippen LogP contribution in [0.3, 0.4) is 0 Å². The maximum Gasteiger partial charge on any atom is 0.248 e. The minimum absolute atomic E-state index is 0.232. The maximum atomic E-state index is 13.1. The zero-order valence-electron chi connectivity index (χ0n) is 30.4. The lowest BCUT2D eigenvalue weighted by Gasteiger charge is -2.28. The summed E-state index contributed by atoms with van der Waals surface area (Å²) in [5, 5.41) is 2.96. The second kappa shape index (κ2) is 20.5. The molecule has 3 aromatic carbocycles. The topological polar surface area (TPSA) is 85.7 Å². The summed E-state index contributed by atoms with van der Waals surface area (Å²) >= 11 is 0. The van der Waals surface area contributed by atoms with Gasteiger partial charge in [-0.1, -0.05) is 59.2 Å². The van der Waals surface area contributed by atoms with Gasteiger partial charge in [0.05, 0.1) is 35.2 Å².